The van der Waals surface area contributed by atoms with Crippen LogP contribution in [0.1, 0.15) is 12.1 Å². The molecule has 30 heavy (non-hydrogen) atoms. The number of imidazole rings is 1. The summed E-state index contributed by atoms with van der Waals surface area (Å²) in [6, 6.07) is 8.16. The van der Waals surface area contributed by atoms with E-state index >= 15 is 0 Å². The highest BCUT2D eigenvalue weighted by Crippen LogP contribution is 2.30. The number of carbonyl (C=O) groups is 1. The summed E-state index contributed by atoms with van der Waals surface area (Å²) in [5.41, 5.74) is 5.98. The number of aromatic nitrogens is 4. The maximum absolute atomic E-state index is 12.2. The molecule has 0 bridgehead atoms. The summed E-state index contributed by atoms with van der Waals surface area (Å²) < 4.78 is 1.98. The van der Waals surface area contributed by atoms with Crippen molar-refractivity contribution in [1.29, 1.82) is 0 Å². The van der Waals surface area contributed by atoms with Crippen molar-refractivity contribution >= 4 is 39.7 Å². The van der Waals surface area contributed by atoms with Gasteiger partial charge >= 0.3 is 6.03 Å². The first-order valence-corrected chi connectivity index (χ1v) is 9.91. The predicted octanol–water partition coefficient (Wildman–Crippen LogP) is 3.72. The molecule has 8 heteroatoms. The van der Waals surface area contributed by atoms with Gasteiger partial charge in [0, 0.05) is 63.1 Å². The van der Waals surface area contributed by atoms with Gasteiger partial charge in [-0.1, -0.05) is 6.08 Å². The minimum absolute atomic E-state index is 0.0463. The van der Waals surface area contributed by atoms with E-state index in [0.29, 0.717) is 13.1 Å². The second-order valence-corrected chi connectivity index (χ2v) is 7.64. The molecule has 0 aromatic carbocycles. The molecule has 0 atom stereocenters. The monoisotopic (exact) mass is 401 g/mol. The van der Waals surface area contributed by atoms with Gasteiger partial charge in [0.2, 0.25) is 0 Å². The Hall–Kier alpha value is -3.81. The van der Waals surface area contributed by atoms with Gasteiger partial charge in [0.05, 0.1) is 11.4 Å². The molecule has 0 saturated carbocycles. The third-order valence-corrected chi connectivity index (χ3v) is 5.41. The molecule has 2 amide bonds. The molecule has 1 aliphatic rings. The Kier molecular flexibility index (Phi) is 4.39. The molecule has 0 aliphatic carbocycles. The summed E-state index contributed by atoms with van der Waals surface area (Å²) in [6.45, 7) is 1.33. The number of pyridine rings is 2. The van der Waals surface area contributed by atoms with Crippen LogP contribution >= 0.6 is 0 Å². The molecular weight excluding hydrogens is 378 g/mol. The largest absolute Gasteiger partial charge is 0.354 e. The van der Waals surface area contributed by atoms with Gasteiger partial charge in [-0.2, -0.15) is 0 Å². The topological polar surface area (TPSA) is 81.6 Å². The van der Waals surface area contributed by atoms with Crippen LogP contribution in [0.5, 0.6) is 0 Å². The first-order valence-electron chi connectivity index (χ1n) is 9.91. The minimum Gasteiger partial charge on any atom is -0.354 e. The van der Waals surface area contributed by atoms with Crippen molar-refractivity contribution in [1.82, 2.24) is 29.2 Å². The average molecular weight is 401 g/mol. The van der Waals surface area contributed by atoms with Gasteiger partial charge in [-0.3, -0.25) is 0 Å². The van der Waals surface area contributed by atoms with Crippen LogP contribution in [0, 0.1) is 0 Å². The smallest absolute Gasteiger partial charge is 0.319 e. The molecule has 0 spiro atoms. The van der Waals surface area contributed by atoms with Crippen LogP contribution < -0.4 is 5.32 Å². The Morgan fingerprint density at radius 1 is 1.20 bits per heavy atom. The number of urea groups is 1. The molecule has 0 fully saturated rings. The van der Waals surface area contributed by atoms with Crippen LogP contribution in [0.2, 0.25) is 0 Å². The minimum atomic E-state index is 0.0463. The third kappa shape index (κ3) is 3.26. The number of nitrogens with zero attached hydrogens (tertiary/aromatic N) is 5. The number of nitrogens with one attached hydrogen (secondary N) is 2. The lowest BCUT2D eigenvalue weighted by Crippen LogP contribution is -2.41. The molecule has 2 N–H and O–H groups in total. The summed E-state index contributed by atoms with van der Waals surface area (Å²) in [5, 5.41) is 4.53. The van der Waals surface area contributed by atoms with Crippen LogP contribution in [0.25, 0.3) is 22.3 Å². The number of rotatable bonds is 3. The number of fused-ring (bicyclic) bond motifs is 2. The van der Waals surface area contributed by atoms with E-state index in [1.807, 2.05) is 39.9 Å². The van der Waals surface area contributed by atoms with Crippen molar-refractivity contribution in [3.05, 3.63) is 60.8 Å². The van der Waals surface area contributed by atoms with Crippen molar-refractivity contribution < 1.29 is 4.79 Å². The highest BCUT2D eigenvalue weighted by Gasteiger charge is 2.20. The third-order valence-electron chi connectivity index (χ3n) is 5.41. The second kappa shape index (κ2) is 7.22. The van der Waals surface area contributed by atoms with E-state index in [1.54, 1.807) is 31.4 Å². The fraction of sp³-hybridized carbons (Fsp3) is 0.227. The number of aromatic amines is 1. The fourth-order valence-corrected chi connectivity index (χ4v) is 3.83. The van der Waals surface area contributed by atoms with E-state index in [4.69, 9.17) is 0 Å². The molecule has 4 aromatic rings. The van der Waals surface area contributed by atoms with Crippen LogP contribution in [0.3, 0.4) is 0 Å². The summed E-state index contributed by atoms with van der Waals surface area (Å²) in [6.07, 6.45) is 10.5. The lowest BCUT2D eigenvalue weighted by molar-refractivity contribution is 0.176. The molecule has 0 radical (unpaired) electrons. The Labute approximate surface area is 173 Å². The van der Waals surface area contributed by atoms with Crippen molar-refractivity contribution in [2.75, 3.05) is 32.5 Å². The molecular formula is C22H23N7O. The number of H-pyrrole nitrogens is 1. The van der Waals surface area contributed by atoms with E-state index in [9.17, 15) is 4.79 Å². The predicted molar refractivity (Wildman–Crippen MR) is 118 cm³/mol. The van der Waals surface area contributed by atoms with Crippen LogP contribution in [-0.4, -0.2) is 62.4 Å². The Bertz CT molecular complexity index is 1270. The Balaban J connectivity index is 1.42. The number of hydrogen-bond acceptors (Lipinski definition) is 4. The maximum Gasteiger partial charge on any atom is 0.319 e. The normalized spacial score (nSPS) is 14.2. The number of hydrogen-bond donors (Lipinski definition) is 2. The van der Waals surface area contributed by atoms with Gasteiger partial charge in [0.1, 0.15) is 11.3 Å². The number of amides is 2. The van der Waals surface area contributed by atoms with Gasteiger partial charge in [-0.25, -0.2) is 14.8 Å². The first-order chi connectivity index (χ1) is 14.6. The van der Waals surface area contributed by atoms with Crippen LogP contribution in [0.4, 0.5) is 16.2 Å². The van der Waals surface area contributed by atoms with Crippen LogP contribution in [0.15, 0.2) is 55.1 Å². The summed E-state index contributed by atoms with van der Waals surface area (Å²) >= 11 is 0. The zero-order chi connectivity index (χ0) is 20.7. The van der Waals surface area contributed by atoms with Crippen molar-refractivity contribution in [2.45, 2.75) is 6.42 Å². The standard InChI is InChI=1S/C22H23N7O/c1-27(2)22(30)28-10-6-15(7-11-28)19-13-17-18(5-8-24-21(17)26-19)25-16-3-4-20-23-9-12-29(20)14-16/h3-6,8-9,12-14H,7,10-11H2,1-2H3,(H2,24,25,26). The molecule has 1 aliphatic heterocycles. The molecule has 5 heterocycles. The van der Waals surface area contributed by atoms with Crippen molar-refractivity contribution in [3.8, 4) is 0 Å². The van der Waals surface area contributed by atoms with E-state index in [2.05, 4.69) is 32.4 Å². The second-order valence-electron chi connectivity index (χ2n) is 7.64. The summed E-state index contributed by atoms with van der Waals surface area (Å²) in [4.78, 5) is 27.8. The fourth-order valence-electron chi connectivity index (χ4n) is 3.83. The lowest BCUT2D eigenvalue weighted by atomic mass is 10.0. The van der Waals surface area contributed by atoms with Crippen molar-refractivity contribution in [2.24, 2.45) is 0 Å². The lowest BCUT2D eigenvalue weighted by Gasteiger charge is -2.28. The Morgan fingerprint density at radius 3 is 2.90 bits per heavy atom. The quantitative estimate of drug-likeness (QED) is 0.548. The molecule has 152 valence electrons. The SMILES string of the molecule is CN(C)C(=O)N1CC=C(c2cc3c(Nc4ccc5nccn5c4)ccnc3[nH]2)CC1. The first kappa shape index (κ1) is 18.2. The number of carbonyl (C=O) groups excluding carboxylic acids is 1. The molecule has 0 saturated heterocycles. The molecule has 5 rings (SSSR count). The summed E-state index contributed by atoms with van der Waals surface area (Å²) in [5.74, 6) is 0. The van der Waals surface area contributed by atoms with Crippen LogP contribution in [-0.2, 0) is 0 Å². The average Bonchev–Trinajstić information content (AvgIpc) is 3.40. The Morgan fingerprint density at radius 2 is 2.10 bits per heavy atom. The molecule has 8 nitrogen and oxygen atoms in total. The van der Waals surface area contributed by atoms with Gasteiger partial charge in [0.25, 0.3) is 0 Å². The van der Waals surface area contributed by atoms with Gasteiger partial charge < -0.3 is 24.5 Å². The van der Waals surface area contributed by atoms with E-state index < -0.39 is 0 Å². The highest BCUT2D eigenvalue weighted by molar-refractivity contribution is 5.94. The highest BCUT2D eigenvalue weighted by atomic mass is 16.2. The zero-order valence-electron chi connectivity index (χ0n) is 17.0. The summed E-state index contributed by atoms with van der Waals surface area (Å²) in [7, 11) is 3.56. The van der Waals surface area contributed by atoms with E-state index in [-0.39, 0.29) is 6.03 Å². The molecule has 0 unspecified atom stereocenters. The number of anilines is 2. The van der Waals surface area contributed by atoms with Gasteiger partial charge in [-0.05, 0) is 36.3 Å². The molecule has 4 aromatic heterocycles. The van der Waals surface area contributed by atoms with Gasteiger partial charge in [0.15, 0.2) is 0 Å². The van der Waals surface area contributed by atoms with E-state index in [1.165, 1.54) is 5.57 Å². The zero-order valence-corrected chi connectivity index (χ0v) is 17.0. The van der Waals surface area contributed by atoms with E-state index in [0.717, 1.165) is 40.2 Å². The maximum atomic E-state index is 12.2. The van der Waals surface area contributed by atoms with Gasteiger partial charge in [-0.15, -0.1) is 0 Å². The van der Waals surface area contributed by atoms with Crippen molar-refractivity contribution in [3.63, 3.8) is 0 Å².